The van der Waals surface area contributed by atoms with Crippen molar-refractivity contribution in [3.8, 4) is 11.3 Å². The SMILES string of the molecule is Cc1nc(-c2cccc(C(=O)N3CCCC(C(=O)NCCN)C3)c2)cs1. The average molecular weight is 372 g/mol. The number of carbonyl (C=O) groups is 2. The van der Waals surface area contributed by atoms with Crippen LogP contribution in [0.25, 0.3) is 11.3 Å². The minimum absolute atomic E-state index is 0.0142. The minimum Gasteiger partial charge on any atom is -0.355 e. The molecule has 1 saturated heterocycles. The highest BCUT2D eigenvalue weighted by Crippen LogP contribution is 2.24. The summed E-state index contributed by atoms with van der Waals surface area (Å²) < 4.78 is 0. The maximum absolute atomic E-state index is 12.9. The normalized spacial score (nSPS) is 17.2. The third kappa shape index (κ3) is 4.28. The van der Waals surface area contributed by atoms with Gasteiger partial charge in [0.15, 0.2) is 0 Å². The molecule has 1 fully saturated rings. The molecule has 7 heteroatoms. The van der Waals surface area contributed by atoms with Gasteiger partial charge in [0, 0.05) is 42.7 Å². The minimum atomic E-state index is -0.163. The summed E-state index contributed by atoms with van der Waals surface area (Å²) >= 11 is 1.59. The fourth-order valence-electron chi connectivity index (χ4n) is 3.21. The van der Waals surface area contributed by atoms with E-state index in [0.29, 0.717) is 31.7 Å². The number of piperidine rings is 1. The van der Waals surface area contributed by atoms with E-state index >= 15 is 0 Å². The summed E-state index contributed by atoms with van der Waals surface area (Å²) in [4.78, 5) is 31.4. The number of nitrogens with zero attached hydrogens (tertiary/aromatic N) is 2. The first-order valence-corrected chi connectivity index (χ1v) is 9.76. The van der Waals surface area contributed by atoms with Gasteiger partial charge in [0.25, 0.3) is 5.91 Å². The summed E-state index contributed by atoms with van der Waals surface area (Å²) in [6.07, 6.45) is 1.63. The van der Waals surface area contributed by atoms with Crippen LogP contribution in [0.1, 0.15) is 28.2 Å². The highest BCUT2D eigenvalue weighted by Gasteiger charge is 2.28. The molecule has 3 N–H and O–H groups in total. The summed E-state index contributed by atoms with van der Waals surface area (Å²) in [5.74, 6) is -0.210. The van der Waals surface area contributed by atoms with E-state index in [4.69, 9.17) is 5.73 Å². The highest BCUT2D eigenvalue weighted by molar-refractivity contribution is 7.09. The van der Waals surface area contributed by atoms with E-state index in [1.54, 1.807) is 16.2 Å². The molecule has 0 bridgehead atoms. The van der Waals surface area contributed by atoms with E-state index < -0.39 is 0 Å². The molecule has 0 spiro atoms. The predicted octanol–water partition coefficient (Wildman–Crippen LogP) is 2.05. The van der Waals surface area contributed by atoms with Crippen molar-refractivity contribution in [2.24, 2.45) is 11.7 Å². The Hall–Kier alpha value is -2.25. The first kappa shape index (κ1) is 18.5. The lowest BCUT2D eigenvalue weighted by Crippen LogP contribution is -2.46. The number of nitrogens with one attached hydrogen (secondary N) is 1. The van der Waals surface area contributed by atoms with E-state index in [2.05, 4.69) is 10.3 Å². The summed E-state index contributed by atoms with van der Waals surface area (Å²) in [5, 5.41) is 5.82. The quantitative estimate of drug-likeness (QED) is 0.841. The number of rotatable bonds is 5. The first-order valence-electron chi connectivity index (χ1n) is 8.88. The molecule has 0 radical (unpaired) electrons. The lowest BCUT2D eigenvalue weighted by molar-refractivity contribution is -0.126. The van der Waals surface area contributed by atoms with Crippen LogP contribution in [-0.4, -0.2) is 47.9 Å². The van der Waals surface area contributed by atoms with Crippen molar-refractivity contribution >= 4 is 23.2 Å². The number of benzene rings is 1. The Morgan fingerprint density at radius 3 is 3.00 bits per heavy atom. The van der Waals surface area contributed by atoms with Crippen LogP contribution in [0.15, 0.2) is 29.6 Å². The molecule has 1 unspecified atom stereocenters. The topological polar surface area (TPSA) is 88.3 Å². The number of aromatic nitrogens is 1. The zero-order valence-electron chi connectivity index (χ0n) is 14.9. The van der Waals surface area contributed by atoms with Gasteiger partial charge in [-0.3, -0.25) is 9.59 Å². The van der Waals surface area contributed by atoms with Crippen molar-refractivity contribution in [3.63, 3.8) is 0 Å². The molecule has 0 saturated carbocycles. The van der Waals surface area contributed by atoms with Crippen LogP contribution in [0.3, 0.4) is 0 Å². The molecule has 138 valence electrons. The number of thiazole rings is 1. The molecule has 26 heavy (non-hydrogen) atoms. The van der Waals surface area contributed by atoms with Crippen LogP contribution in [-0.2, 0) is 4.79 Å². The molecule has 1 aromatic carbocycles. The Kier molecular flexibility index (Phi) is 6.00. The predicted molar refractivity (Wildman–Crippen MR) is 103 cm³/mol. The summed E-state index contributed by atoms with van der Waals surface area (Å²) in [7, 11) is 0. The Morgan fingerprint density at radius 2 is 2.27 bits per heavy atom. The second-order valence-electron chi connectivity index (χ2n) is 6.50. The first-order chi connectivity index (χ1) is 12.6. The van der Waals surface area contributed by atoms with Crippen LogP contribution >= 0.6 is 11.3 Å². The monoisotopic (exact) mass is 372 g/mol. The summed E-state index contributed by atoms with van der Waals surface area (Å²) in [6.45, 7) is 3.99. The zero-order chi connectivity index (χ0) is 18.5. The fourth-order valence-corrected chi connectivity index (χ4v) is 3.83. The van der Waals surface area contributed by atoms with E-state index in [0.717, 1.165) is 29.1 Å². The van der Waals surface area contributed by atoms with E-state index in [-0.39, 0.29) is 17.7 Å². The molecule has 3 rings (SSSR count). The molecule has 2 amide bonds. The van der Waals surface area contributed by atoms with Gasteiger partial charge in [0.1, 0.15) is 0 Å². The van der Waals surface area contributed by atoms with Crippen LogP contribution in [0.5, 0.6) is 0 Å². The lowest BCUT2D eigenvalue weighted by atomic mass is 9.96. The van der Waals surface area contributed by atoms with Crippen molar-refractivity contribution in [2.75, 3.05) is 26.2 Å². The van der Waals surface area contributed by atoms with Crippen molar-refractivity contribution in [2.45, 2.75) is 19.8 Å². The third-order valence-electron chi connectivity index (χ3n) is 4.55. The van der Waals surface area contributed by atoms with Gasteiger partial charge in [0.2, 0.25) is 5.91 Å². The molecule has 1 aliphatic heterocycles. The maximum Gasteiger partial charge on any atom is 0.253 e. The Balaban J connectivity index is 1.71. The smallest absolute Gasteiger partial charge is 0.253 e. The van der Waals surface area contributed by atoms with Crippen LogP contribution in [0, 0.1) is 12.8 Å². The zero-order valence-corrected chi connectivity index (χ0v) is 15.7. The fraction of sp³-hybridized carbons (Fsp3) is 0.421. The number of hydrogen-bond donors (Lipinski definition) is 2. The molecule has 0 aliphatic carbocycles. The number of amides is 2. The standard InChI is InChI=1S/C19H24N4O2S/c1-13-22-17(12-26-13)14-4-2-5-15(10-14)19(25)23-9-3-6-16(11-23)18(24)21-8-7-20/h2,4-5,10,12,16H,3,6-9,11,20H2,1H3,(H,21,24). The van der Waals surface area contributed by atoms with E-state index in [9.17, 15) is 9.59 Å². The third-order valence-corrected chi connectivity index (χ3v) is 5.32. The highest BCUT2D eigenvalue weighted by atomic mass is 32.1. The Labute approximate surface area is 157 Å². The second kappa shape index (κ2) is 8.42. The summed E-state index contributed by atoms with van der Waals surface area (Å²) in [5.41, 5.74) is 7.90. The second-order valence-corrected chi connectivity index (χ2v) is 7.56. The van der Waals surface area contributed by atoms with Gasteiger partial charge in [0.05, 0.1) is 16.6 Å². The van der Waals surface area contributed by atoms with Gasteiger partial charge in [-0.25, -0.2) is 4.98 Å². The van der Waals surface area contributed by atoms with Gasteiger partial charge < -0.3 is 16.0 Å². The molecular weight excluding hydrogens is 348 g/mol. The number of carbonyl (C=O) groups excluding carboxylic acids is 2. The van der Waals surface area contributed by atoms with Gasteiger partial charge in [-0.15, -0.1) is 11.3 Å². The molecule has 2 aromatic rings. The van der Waals surface area contributed by atoms with E-state index in [1.807, 2.05) is 36.6 Å². The van der Waals surface area contributed by atoms with Crippen molar-refractivity contribution in [1.82, 2.24) is 15.2 Å². The van der Waals surface area contributed by atoms with Gasteiger partial charge >= 0.3 is 0 Å². The van der Waals surface area contributed by atoms with Crippen LogP contribution in [0.4, 0.5) is 0 Å². The molecule has 2 heterocycles. The molecule has 1 aliphatic rings. The van der Waals surface area contributed by atoms with Crippen molar-refractivity contribution in [1.29, 1.82) is 0 Å². The van der Waals surface area contributed by atoms with Crippen molar-refractivity contribution in [3.05, 3.63) is 40.2 Å². The number of nitrogens with two attached hydrogens (primary N) is 1. The Morgan fingerprint density at radius 1 is 1.42 bits per heavy atom. The van der Waals surface area contributed by atoms with E-state index in [1.165, 1.54) is 0 Å². The van der Waals surface area contributed by atoms with Gasteiger partial charge in [-0.05, 0) is 31.9 Å². The van der Waals surface area contributed by atoms with Crippen LogP contribution < -0.4 is 11.1 Å². The van der Waals surface area contributed by atoms with Crippen LogP contribution in [0.2, 0.25) is 0 Å². The summed E-state index contributed by atoms with van der Waals surface area (Å²) in [6, 6.07) is 7.55. The van der Waals surface area contributed by atoms with Gasteiger partial charge in [-0.1, -0.05) is 12.1 Å². The average Bonchev–Trinajstić information content (AvgIpc) is 3.12. The molecule has 1 atom stereocenters. The lowest BCUT2D eigenvalue weighted by Gasteiger charge is -2.32. The maximum atomic E-state index is 12.9. The van der Waals surface area contributed by atoms with Crippen molar-refractivity contribution < 1.29 is 9.59 Å². The van der Waals surface area contributed by atoms with Gasteiger partial charge in [-0.2, -0.15) is 0 Å². The molecule has 1 aromatic heterocycles. The number of likely N-dealkylation sites (tertiary alicyclic amines) is 1. The molecule has 6 nitrogen and oxygen atoms in total. The number of aryl methyl sites for hydroxylation is 1. The largest absolute Gasteiger partial charge is 0.355 e. The Bertz CT molecular complexity index is 789. The molecular formula is C19H24N4O2S. The number of hydrogen-bond acceptors (Lipinski definition) is 5.